The van der Waals surface area contributed by atoms with Gasteiger partial charge in [-0.25, -0.2) is 9.37 Å². The molecule has 0 amide bonds. The molecule has 0 aliphatic heterocycles. The summed E-state index contributed by atoms with van der Waals surface area (Å²) in [6.45, 7) is 3.46. The van der Waals surface area contributed by atoms with E-state index in [0.29, 0.717) is 16.8 Å². The van der Waals surface area contributed by atoms with Crippen molar-refractivity contribution in [3.63, 3.8) is 0 Å². The third kappa shape index (κ3) is 4.18. The molecular weight excluding hydrogens is 331 g/mol. The van der Waals surface area contributed by atoms with Crippen molar-refractivity contribution in [2.24, 2.45) is 0 Å². The van der Waals surface area contributed by atoms with Gasteiger partial charge in [-0.15, -0.1) is 0 Å². The van der Waals surface area contributed by atoms with E-state index in [4.69, 9.17) is 4.74 Å². The second-order valence-corrected chi connectivity index (χ2v) is 5.89. The minimum atomic E-state index is -0.295. The Morgan fingerprint density at radius 1 is 1.47 bits per heavy atom. The van der Waals surface area contributed by atoms with Crippen LogP contribution in [0, 0.1) is 5.82 Å². The third-order valence-electron chi connectivity index (χ3n) is 2.35. The van der Waals surface area contributed by atoms with Gasteiger partial charge in [0.25, 0.3) is 0 Å². The zero-order valence-electron chi connectivity index (χ0n) is 10.5. The normalized spacial score (nSPS) is 10.5. The van der Waals surface area contributed by atoms with Crippen molar-refractivity contribution < 1.29 is 9.13 Å². The van der Waals surface area contributed by atoms with Crippen LogP contribution in [-0.4, -0.2) is 11.5 Å². The standard InChI is InChI=1S/C13H14BrFN2OS/c1-2-5-16-13-17-7-10(19-13)8-18-9-3-4-12(15)11(14)6-9/h3-4,6-7H,2,5,8H2,1H3,(H,16,17). The maximum atomic E-state index is 13.1. The van der Waals surface area contributed by atoms with Crippen molar-refractivity contribution in [2.45, 2.75) is 20.0 Å². The van der Waals surface area contributed by atoms with Crippen molar-refractivity contribution in [3.05, 3.63) is 39.6 Å². The fourth-order valence-corrected chi connectivity index (χ4v) is 2.52. The number of thiazole rings is 1. The first-order chi connectivity index (χ1) is 9.19. The Bertz CT molecular complexity index is 547. The van der Waals surface area contributed by atoms with Crippen molar-refractivity contribution >= 4 is 32.4 Å². The van der Waals surface area contributed by atoms with Crippen LogP contribution in [0.3, 0.4) is 0 Å². The number of ether oxygens (including phenoxy) is 1. The number of halogens is 2. The average molecular weight is 345 g/mol. The van der Waals surface area contributed by atoms with E-state index in [1.54, 1.807) is 29.7 Å². The van der Waals surface area contributed by atoms with Gasteiger partial charge >= 0.3 is 0 Å². The minimum absolute atomic E-state index is 0.295. The topological polar surface area (TPSA) is 34.2 Å². The smallest absolute Gasteiger partial charge is 0.182 e. The number of hydrogen-bond donors (Lipinski definition) is 1. The van der Waals surface area contributed by atoms with Gasteiger partial charge in [-0.3, -0.25) is 0 Å². The van der Waals surface area contributed by atoms with Crippen LogP contribution in [0.4, 0.5) is 9.52 Å². The molecule has 2 aromatic rings. The highest BCUT2D eigenvalue weighted by atomic mass is 79.9. The summed E-state index contributed by atoms with van der Waals surface area (Å²) in [5, 5.41) is 4.13. The van der Waals surface area contributed by atoms with Crippen LogP contribution < -0.4 is 10.1 Å². The van der Waals surface area contributed by atoms with Crippen LogP contribution >= 0.6 is 27.3 Å². The summed E-state index contributed by atoms with van der Waals surface area (Å²) in [5.74, 6) is 0.334. The number of nitrogens with one attached hydrogen (secondary N) is 1. The summed E-state index contributed by atoms with van der Waals surface area (Å²) in [5.41, 5.74) is 0. The molecule has 0 aliphatic carbocycles. The molecule has 0 atom stereocenters. The fraction of sp³-hybridized carbons (Fsp3) is 0.308. The van der Waals surface area contributed by atoms with E-state index < -0.39 is 0 Å². The van der Waals surface area contributed by atoms with E-state index in [9.17, 15) is 4.39 Å². The van der Waals surface area contributed by atoms with Gasteiger partial charge < -0.3 is 10.1 Å². The first-order valence-corrected chi connectivity index (χ1v) is 7.56. The first kappa shape index (κ1) is 14.3. The Balaban J connectivity index is 1.91. The molecule has 3 nitrogen and oxygen atoms in total. The lowest BCUT2D eigenvalue weighted by atomic mass is 10.3. The SMILES string of the molecule is CCCNc1ncc(COc2ccc(F)c(Br)c2)s1. The molecule has 0 fully saturated rings. The number of rotatable bonds is 6. The average Bonchev–Trinajstić information content (AvgIpc) is 2.86. The van der Waals surface area contributed by atoms with E-state index in [2.05, 4.69) is 33.2 Å². The number of nitrogens with zero attached hydrogens (tertiary/aromatic N) is 1. The fourth-order valence-electron chi connectivity index (χ4n) is 1.41. The predicted octanol–water partition coefficient (Wildman–Crippen LogP) is 4.45. The monoisotopic (exact) mass is 344 g/mol. The summed E-state index contributed by atoms with van der Waals surface area (Å²) in [6.07, 6.45) is 2.86. The molecule has 0 saturated carbocycles. The highest BCUT2D eigenvalue weighted by molar-refractivity contribution is 9.10. The maximum absolute atomic E-state index is 13.1. The molecule has 1 aromatic heterocycles. The number of hydrogen-bond acceptors (Lipinski definition) is 4. The first-order valence-electron chi connectivity index (χ1n) is 5.95. The van der Waals surface area contributed by atoms with Crippen molar-refractivity contribution in [2.75, 3.05) is 11.9 Å². The van der Waals surface area contributed by atoms with Crippen LogP contribution in [-0.2, 0) is 6.61 Å². The highest BCUT2D eigenvalue weighted by Crippen LogP contribution is 2.24. The van der Waals surface area contributed by atoms with Crippen molar-refractivity contribution in [3.8, 4) is 5.75 Å². The largest absolute Gasteiger partial charge is 0.488 e. The second kappa shape index (κ2) is 6.86. The molecule has 0 unspecified atom stereocenters. The molecule has 6 heteroatoms. The van der Waals surface area contributed by atoms with E-state index in [1.807, 2.05) is 0 Å². The zero-order valence-corrected chi connectivity index (χ0v) is 12.9. The van der Waals surface area contributed by atoms with Gasteiger partial charge in [-0.2, -0.15) is 0 Å². The van der Waals surface area contributed by atoms with Crippen LogP contribution in [0.25, 0.3) is 0 Å². The van der Waals surface area contributed by atoms with Crippen LogP contribution in [0.5, 0.6) is 5.75 Å². The van der Waals surface area contributed by atoms with Crippen LogP contribution in [0.2, 0.25) is 0 Å². The molecule has 19 heavy (non-hydrogen) atoms. The van der Waals surface area contributed by atoms with Crippen LogP contribution in [0.15, 0.2) is 28.9 Å². The summed E-state index contributed by atoms with van der Waals surface area (Å²) in [7, 11) is 0. The van der Waals surface area contributed by atoms with E-state index in [0.717, 1.165) is 23.0 Å². The Morgan fingerprint density at radius 2 is 2.32 bits per heavy atom. The molecule has 0 bridgehead atoms. The highest BCUT2D eigenvalue weighted by Gasteiger charge is 2.04. The van der Waals surface area contributed by atoms with Gasteiger partial charge in [0.1, 0.15) is 18.2 Å². The zero-order chi connectivity index (χ0) is 13.7. The predicted molar refractivity (Wildman–Crippen MR) is 79.3 cm³/mol. The van der Waals surface area contributed by atoms with Gasteiger partial charge in [0.05, 0.1) is 9.35 Å². The number of benzene rings is 1. The lowest BCUT2D eigenvalue weighted by molar-refractivity contribution is 0.309. The summed E-state index contributed by atoms with van der Waals surface area (Å²) >= 11 is 4.70. The van der Waals surface area contributed by atoms with Crippen molar-refractivity contribution in [1.82, 2.24) is 4.98 Å². The van der Waals surface area contributed by atoms with E-state index >= 15 is 0 Å². The molecule has 1 heterocycles. The molecule has 0 saturated heterocycles. The Labute approximate surface area is 124 Å². The van der Waals surface area contributed by atoms with E-state index in [-0.39, 0.29) is 5.82 Å². The van der Waals surface area contributed by atoms with Gasteiger partial charge in [0, 0.05) is 12.7 Å². The molecule has 0 radical (unpaired) electrons. The van der Waals surface area contributed by atoms with Gasteiger partial charge in [-0.05, 0) is 40.5 Å². The molecular formula is C13H14BrFN2OS. The molecule has 1 N–H and O–H groups in total. The molecule has 102 valence electrons. The maximum Gasteiger partial charge on any atom is 0.182 e. The lowest BCUT2D eigenvalue weighted by Crippen LogP contribution is -1.97. The Morgan fingerprint density at radius 3 is 3.05 bits per heavy atom. The number of aromatic nitrogens is 1. The Hall–Kier alpha value is -1.14. The number of anilines is 1. The summed E-state index contributed by atoms with van der Waals surface area (Å²) < 4.78 is 19.1. The molecule has 0 spiro atoms. The summed E-state index contributed by atoms with van der Waals surface area (Å²) in [6, 6.07) is 4.60. The van der Waals surface area contributed by atoms with E-state index in [1.165, 1.54) is 6.07 Å². The second-order valence-electron chi connectivity index (χ2n) is 3.92. The van der Waals surface area contributed by atoms with Crippen LogP contribution in [0.1, 0.15) is 18.2 Å². The molecule has 1 aromatic carbocycles. The third-order valence-corrected chi connectivity index (χ3v) is 3.89. The summed E-state index contributed by atoms with van der Waals surface area (Å²) in [4.78, 5) is 5.28. The van der Waals surface area contributed by atoms with Gasteiger partial charge in [-0.1, -0.05) is 18.3 Å². The molecule has 2 rings (SSSR count). The quantitative estimate of drug-likeness (QED) is 0.840. The van der Waals surface area contributed by atoms with Crippen molar-refractivity contribution in [1.29, 1.82) is 0 Å². The Kier molecular flexibility index (Phi) is 5.15. The minimum Gasteiger partial charge on any atom is -0.488 e. The van der Waals surface area contributed by atoms with Gasteiger partial charge in [0.2, 0.25) is 0 Å². The van der Waals surface area contributed by atoms with Gasteiger partial charge in [0.15, 0.2) is 5.13 Å². The molecule has 0 aliphatic rings. The lowest BCUT2D eigenvalue weighted by Gasteiger charge is -2.04.